The van der Waals surface area contributed by atoms with E-state index < -0.39 is 11.8 Å². The van der Waals surface area contributed by atoms with Gasteiger partial charge < -0.3 is 10.0 Å². The summed E-state index contributed by atoms with van der Waals surface area (Å²) in [6.07, 6.45) is -3.89. The fraction of sp³-hybridized carbons (Fsp3) is 0.333. The van der Waals surface area contributed by atoms with E-state index in [0.29, 0.717) is 0 Å². The van der Waals surface area contributed by atoms with E-state index in [4.69, 9.17) is 0 Å². The van der Waals surface area contributed by atoms with Gasteiger partial charge in [0.2, 0.25) is 0 Å². The number of hydrogen-bond acceptors (Lipinski definition) is 3. The summed E-state index contributed by atoms with van der Waals surface area (Å²) in [5.41, 5.74) is 0.343. The third kappa shape index (κ3) is 5.40. The Morgan fingerprint density at radius 2 is 1.39 bits per heavy atom. The third-order valence-corrected chi connectivity index (χ3v) is 6.44. The number of benzene rings is 3. The first-order chi connectivity index (χ1) is 15.7. The van der Waals surface area contributed by atoms with Crippen molar-refractivity contribution in [2.45, 2.75) is 37.7 Å². The molecule has 3 aromatic rings. The Kier molecular flexibility index (Phi) is 6.77. The molecule has 0 amide bonds. The molecule has 1 fully saturated rings. The van der Waals surface area contributed by atoms with Crippen LogP contribution in [0.25, 0.3) is 0 Å². The molecule has 0 aliphatic carbocycles. The maximum Gasteiger partial charge on any atom is 0.421 e. The van der Waals surface area contributed by atoms with Crippen molar-refractivity contribution in [2.75, 3.05) is 24.5 Å². The van der Waals surface area contributed by atoms with E-state index in [1.54, 1.807) is 12.1 Å². The largest absolute Gasteiger partial charge is 0.421 e. The molecule has 1 heterocycles. The topological polar surface area (TPSA) is 26.7 Å². The summed E-state index contributed by atoms with van der Waals surface area (Å²) in [6.45, 7) is 4.16. The molecule has 0 spiro atoms. The summed E-state index contributed by atoms with van der Waals surface area (Å²) in [4.78, 5) is 4.71. The lowest BCUT2D eigenvalue weighted by Crippen LogP contribution is -2.54. The lowest BCUT2D eigenvalue weighted by atomic mass is 9.94. The van der Waals surface area contributed by atoms with Crippen LogP contribution in [0.4, 0.5) is 18.9 Å². The average molecular weight is 455 g/mol. The minimum atomic E-state index is -4.73. The first-order valence-corrected chi connectivity index (χ1v) is 11.2. The molecule has 4 rings (SSSR count). The van der Waals surface area contributed by atoms with Crippen LogP contribution in [0.2, 0.25) is 0 Å². The highest BCUT2D eigenvalue weighted by molar-refractivity contribution is 5.50. The molecular formula is C27H29F3N2O. The van der Waals surface area contributed by atoms with E-state index in [1.165, 1.54) is 23.3 Å². The van der Waals surface area contributed by atoms with Crippen LogP contribution in [-0.2, 0) is 18.6 Å². The Hall–Kier alpha value is -2.83. The van der Waals surface area contributed by atoms with E-state index in [0.717, 1.165) is 45.2 Å². The van der Waals surface area contributed by atoms with E-state index in [9.17, 15) is 18.3 Å². The van der Waals surface area contributed by atoms with Crippen LogP contribution in [0.1, 0.15) is 23.6 Å². The first-order valence-electron chi connectivity index (χ1n) is 11.2. The highest BCUT2D eigenvalue weighted by Gasteiger charge is 2.51. The lowest BCUT2D eigenvalue weighted by molar-refractivity contribution is -0.258. The Labute approximate surface area is 193 Å². The summed E-state index contributed by atoms with van der Waals surface area (Å²) >= 11 is 0. The van der Waals surface area contributed by atoms with Crippen molar-refractivity contribution < 1.29 is 18.3 Å². The van der Waals surface area contributed by atoms with Gasteiger partial charge in [-0.3, -0.25) is 4.90 Å². The zero-order valence-corrected chi connectivity index (χ0v) is 18.7. The van der Waals surface area contributed by atoms with E-state index >= 15 is 0 Å². The van der Waals surface area contributed by atoms with Crippen LogP contribution in [-0.4, -0.2) is 41.9 Å². The highest BCUT2D eigenvalue weighted by atomic mass is 19.4. The Balaban J connectivity index is 1.55. The fourth-order valence-electron chi connectivity index (χ4n) is 4.45. The van der Waals surface area contributed by atoms with Crippen molar-refractivity contribution in [3.63, 3.8) is 0 Å². The van der Waals surface area contributed by atoms with Gasteiger partial charge in [-0.05, 0) is 42.2 Å². The zero-order valence-electron chi connectivity index (χ0n) is 18.7. The molecule has 0 saturated carbocycles. The summed E-state index contributed by atoms with van der Waals surface area (Å²) in [7, 11) is 0. The first kappa shape index (κ1) is 23.3. The molecule has 1 unspecified atom stereocenters. The van der Waals surface area contributed by atoms with Gasteiger partial charge in [0.15, 0.2) is 5.60 Å². The second-order valence-corrected chi connectivity index (χ2v) is 8.87. The number of hydrogen-bond donors (Lipinski definition) is 1. The number of rotatable bonds is 6. The van der Waals surface area contributed by atoms with Crippen LogP contribution >= 0.6 is 0 Å². The van der Waals surface area contributed by atoms with Crippen molar-refractivity contribution >= 4 is 5.69 Å². The molecule has 0 bridgehead atoms. The highest BCUT2D eigenvalue weighted by Crippen LogP contribution is 2.39. The van der Waals surface area contributed by atoms with Crippen LogP contribution in [0.3, 0.4) is 0 Å². The predicted octanol–water partition coefficient (Wildman–Crippen LogP) is 5.39. The second-order valence-electron chi connectivity index (χ2n) is 8.87. The van der Waals surface area contributed by atoms with Gasteiger partial charge in [-0.1, -0.05) is 72.8 Å². The molecule has 0 aromatic heterocycles. The van der Waals surface area contributed by atoms with E-state index in [-0.39, 0.29) is 11.6 Å². The standard InChI is InChI=1S/C27H29F3N2O/c1-26(33,27(28,29)30)23-12-14-24(15-13-23)32-17-16-31(19-22-10-6-3-7-11-22)20-25(32)18-21-8-4-2-5-9-21/h2-15,25,33H,16-20H2,1H3/t25-,26?/m0/s1. The summed E-state index contributed by atoms with van der Waals surface area (Å²) in [5.74, 6) is 0. The molecule has 1 aliphatic rings. The van der Waals surface area contributed by atoms with Gasteiger partial charge in [0.25, 0.3) is 0 Å². The molecule has 6 heteroatoms. The molecule has 1 saturated heterocycles. The molecule has 3 nitrogen and oxygen atoms in total. The molecule has 0 radical (unpaired) electrons. The Morgan fingerprint density at radius 3 is 1.97 bits per heavy atom. The molecule has 2 atom stereocenters. The van der Waals surface area contributed by atoms with Gasteiger partial charge in [0.05, 0.1) is 0 Å². The minimum absolute atomic E-state index is 0.152. The molecule has 174 valence electrons. The van der Waals surface area contributed by atoms with Crippen molar-refractivity contribution in [3.8, 4) is 0 Å². The maximum atomic E-state index is 13.2. The number of nitrogens with zero attached hydrogens (tertiary/aromatic N) is 2. The van der Waals surface area contributed by atoms with Gasteiger partial charge in [0.1, 0.15) is 0 Å². The average Bonchev–Trinajstić information content (AvgIpc) is 2.80. The smallest absolute Gasteiger partial charge is 0.376 e. The van der Waals surface area contributed by atoms with E-state index in [2.05, 4.69) is 34.1 Å². The molecule has 33 heavy (non-hydrogen) atoms. The van der Waals surface area contributed by atoms with Crippen LogP contribution < -0.4 is 4.90 Å². The third-order valence-electron chi connectivity index (χ3n) is 6.44. The maximum absolute atomic E-state index is 13.2. The zero-order chi connectivity index (χ0) is 23.5. The van der Waals surface area contributed by atoms with Crippen molar-refractivity contribution in [1.29, 1.82) is 0 Å². The quantitative estimate of drug-likeness (QED) is 0.541. The predicted molar refractivity (Wildman–Crippen MR) is 125 cm³/mol. The van der Waals surface area contributed by atoms with Gasteiger partial charge >= 0.3 is 6.18 Å². The van der Waals surface area contributed by atoms with Crippen molar-refractivity contribution in [3.05, 3.63) is 102 Å². The summed E-state index contributed by atoms with van der Waals surface area (Å²) < 4.78 is 39.7. The van der Waals surface area contributed by atoms with Crippen LogP contribution in [0, 0.1) is 0 Å². The fourth-order valence-corrected chi connectivity index (χ4v) is 4.45. The number of anilines is 1. The monoisotopic (exact) mass is 454 g/mol. The van der Waals surface area contributed by atoms with Crippen molar-refractivity contribution in [2.24, 2.45) is 0 Å². The van der Waals surface area contributed by atoms with Crippen LogP contribution in [0.5, 0.6) is 0 Å². The summed E-state index contributed by atoms with van der Waals surface area (Å²) in [5, 5.41) is 10.00. The van der Waals surface area contributed by atoms with Gasteiger partial charge in [0, 0.05) is 37.9 Å². The number of piperazine rings is 1. The SMILES string of the molecule is CC(O)(c1ccc(N2CCN(Cc3ccccc3)C[C@@H]2Cc2ccccc2)cc1)C(F)(F)F. The number of halogens is 3. The lowest BCUT2D eigenvalue weighted by Gasteiger charge is -2.43. The number of alkyl halides is 3. The van der Waals surface area contributed by atoms with Crippen molar-refractivity contribution in [1.82, 2.24) is 4.90 Å². The Bertz CT molecular complexity index is 1020. The van der Waals surface area contributed by atoms with Gasteiger partial charge in [-0.15, -0.1) is 0 Å². The summed E-state index contributed by atoms with van der Waals surface area (Å²) in [6, 6.07) is 27.0. The Morgan fingerprint density at radius 1 is 0.818 bits per heavy atom. The number of aliphatic hydroxyl groups is 1. The van der Waals surface area contributed by atoms with Gasteiger partial charge in [-0.2, -0.15) is 13.2 Å². The van der Waals surface area contributed by atoms with Gasteiger partial charge in [-0.25, -0.2) is 0 Å². The second kappa shape index (κ2) is 9.57. The molecular weight excluding hydrogens is 425 g/mol. The molecule has 3 aromatic carbocycles. The van der Waals surface area contributed by atoms with Crippen LogP contribution in [0.15, 0.2) is 84.9 Å². The molecule has 1 aliphatic heterocycles. The minimum Gasteiger partial charge on any atom is -0.376 e. The normalized spacial score (nSPS) is 19.3. The van der Waals surface area contributed by atoms with E-state index in [1.807, 2.05) is 36.4 Å². The molecule has 1 N–H and O–H groups in total.